The van der Waals surface area contributed by atoms with Gasteiger partial charge in [0.1, 0.15) is 17.4 Å². The normalized spacial score (nSPS) is 28.1. The standard InChI is InChI=1S/C11H19NO3/c1-9(2,3)15-8(14)12-11(7-13)6-10(11,4)5/h7H,6H2,1-5H3,(H,12,14). The summed E-state index contributed by atoms with van der Waals surface area (Å²) in [7, 11) is 0. The molecule has 1 amide bonds. The molecule has 0 aliphatic heterocycles. The highest BCUT2D eigenvalue weighted by Crippen LogP contribution is 2.54. The average Bonchev–Trinajstić information content (AvgIpc) is 2.49. The first kappa shape index (κ1) is 12.0. The van der Waals surface area contributed by atoms with E-state index in [1.165, 1.54) is 0 Å². The van der Waals surface area contributed by atoms with Crippen molar-refractivity contribution in [3.63, 3.8) is 0 Å². The summed E-state index contributed by atoms with van der Waals surface area (Å²) in [4.78, 5) is 22.4. The first-order valence-corrected chi connectivity index (χ1v) is 5.09. The van der Waals surface area contributed by atoms with Crippen LogP contribution in [0.15, 0.2) is 0 Å². The Morgan fingerprint density at radius 1 is 1.40 bits per heavy atom. The maximum Gasteiger partial charge on any atom is 0.408 e. The fourth-order valence-electron chi connectivity index (χ4n) is 1.58. The molecule has 0 aromatic heterocycles. The van der Waals surface area contributed by atoms with Crippen molar-refractivity contribution < 1.29 is 14.3 Å². The molecule has 1 N–H and O–H groups in total. The van der Waals surface area contributed by atoms with Crippen molar-refractivity contribution in [1.82, 2.24) is 5.32 Å². The van der Waals surface area contributed by atoms with Gasteiger partial charge in [0.2, 0.25) is 0 Å². The maximum atomic E-state index is 11.5. The van der Waals surface area contributed by atoms with Crippen LogP contribution in [0, 0.1) is 5.41 Å². The number of hydrogen-bond acceptors (Lipinski definition) is 3. The lowest BCUT2D eigenvalue weighted by Crippen LogP contribution is -2.44. The molecule has 4 nitrogen and oxygen atoms in total. The van der Waals surface area contributed by atoms with E-state index in [1.54, 1.807) is 20.8 Å². The molecule has 0 aromatic carbocycles. The smallest absolute Gasteiger partial charge is 0.408 e. The third-order valence-electron chi connectivity index (χ3n) is 2.73. The van der Waals surface area contributed by atoms with Gasteiger partial charge in [-0.3, -0.25) is 0 Å². The molecule has 1 fully saturated rings. The third-order valence-corrected chi connectivity index (χ3v) is 2.73. The minimum atomic E-state index is -0.727. The summed E-state index contributed by atoms with van der Waals surface area (Å²) >= 11 is 0. The lowest BCUT2D eigenvalue weighted by Gasteiger charge is -2.22. The molecule has 0 bridgehead atoms. The SMILES string of the molecule is CC(C)(C)OC(=O)NC1(C=O)CC1(C)C. The monoisotopic (exact) mass is 213 g/mol. The van der Waals surface area contributed by atoms with E-state index < -0.39 is 17.2 Å². The van der Waals surface area contributed by atoms with Crippen LogP contribution < -0.4 is 5.32 Å². The Hall–Kier alpha value is -1.06. The number of carbonyl (C=O) groups is 2. The van der Waals surface area contributed by atoms with Gasteiger partial charge in [0.05, 0.1) is 0 Å². The van der Waals surface area contributed by atoms with Crippen LogP contribution >= 0.6 is 0 Å². The Morgan fingerprint density at radius 3 is 2.13 bits per heavy atom. The molecule has 0 aromatic rings. The molecule has 1 aliphatic rings. The fourth-order valence-corrected chi connectivity index (χ4v) is 1.58. The highest BCUT2D eigenvalue weighted by atomic mass is 16.6. The van der Waals surface area contributed by atoms with E-state index in [9.17, 15) is 9.59 Å². The molecular weight excluding hydrogens is 194 g/mol. The van der Waals surface area contributed by atoms with E-state index in [0.29, 0.717) is 6.42 Å². The zero-order chi connectivity index (χ0) is 11.9. The van der Waals surface area contributed by atoms with E-state index in [4.69, 9.17) is 4.74 Å². The molecule has 0 spiro atoms. The summed E-state index contributed by atoms with van der Waals surface area (Å²) in [6.07, 6.45) is 0.944. The molecule has 0 radical (unpaired) electrons. The van der Waals surface area contributed by atoms with Crippen molar-refractivity contribution in [2.75, 3.05) is 0 Å². The van der Waals surface area contributed by atoms with Gasteiger partial charge in [0.15, 0.2) is 0 Å². The number of carbonyl (C=O) groups excluding carboxylic acids is 2. The zero-order valence-corrected chi connectivity index (χ0v) is 10.0. The second kappa shape index (κ2) is 3.22. The quantitative estimate of drug-likeness (QED) is 0.712. The summed E-state index contributed by atoms with van der Waals surface area (Å²) in [6.45, 7) is 9.26. The number of ether oxygens (including phenoxy) is 1. The number of alkyl carbamates (subject to hydrolysis) is 1. The van der Waals surface area contributed by atoms with Crippen LogP contribution in [0.25, 0.3) is 0 Å². The van der Waals surface area contributed by atoms with Gasteiger partial charge in [-0.05, 0) is 32.6 Å². The van der Waals surface area contributed by atoms with Crippen LogP contribution in [0.5, 0.6) is 0 Å². The van der Waals surface area contributed by atoms with Crippen molar-refractivity contribution in [2.24, 2.45) is 5.41 Å². The van der Waals surface area contributed by atoms with Crippen LogP contribution in [0.4, 0.5) is 4.79 Å². The van der Waals surface area contributed by atoms with E-state index in [0.717, 1.165) is 6.29 Å². The van der Waals surface area contributed by atoms with Gasteiger partial charge in [-0.2, -0.15) is 0 Å². The zero-order valence-electron chi connectivity index (χ0n) is 10.0. The van der Waals surface area contributed by atoms with E-state index >= 15 is 0 Å². The lowest BCUT2D eigenvalue weighted by atomic mass is 10.1. The van der Waals surface area contributed by atoms with Crippen LogP contribution in [0.1, 0.15) is 41.0 Å². The van der Waals surface area contributed by atoms with E-state index in [1.807, 2.05) is 13.8 Å². The Kier molecular flexibility index (Phi) is 2.58. The molecule has 1 rings (SSSR count). The highest BCUT2D eigenvalue weighted by Gasteiger charge is 2.63. The first-order chi connectivity index (χ1) is 6.62. The van der Waals surface area contributed by atoms with Crippen molar-refractivity contribution in [2.45, 2.75) is 52.2 Å². The third kappa shape index (κ3) is 2.49. The van der Waals surface area contributed by atoms with Crippen molar-refractivity contribution in [1.29, 1.82) is 0 Å². The summed E-state index contributed by atoms with van der Waals surface area (Å²) in [5.41, 5.74) is -1.42. The van der Waals surface area contributed by atoms with Crippen molar-refractivity contribution >= 4 is 12.4 Å². The molecule has 1 saturated carbocycles. The van der Waals surface area contributed by atoms with Crippen molar-refractivity contribution in [3.05, 3.63) is 0 Å². The predicted molar refractivity (Wildman–Crippen MR) is 56.6 cm³/mol. The molecule has 4 heteroatoms. The van der Waals surface area contributed by atoms with E-state index in [-0.39, 0.29) is 5.41 Å². The first-order valence-electron chi connectivity index (χ1n) is 5.09. The summed E-state index contributed by atoms with van der Waals surface area (Å²) in [6, 6.07) is 0. The van der Waals surface area contributed by atoms with Gasteiger partial charge in [0.25, 0.3) is 0 Å². The van der Waals surface area contributed by atoms with Gasteiger partial charge in [-0.15, -0.1) is 0 Å². The molecule has 0 heterocycles. The Morgan fingerprint density at radius 2 is 1.87 bits per heavy atom. The molecule has 1 unspecified atom stereocenters. The Bertz CT molecular complexity index is 291. The van der Waals surface area contributed by atoms with Gasteiger partial charge < -0.3 is 14.8 Å². The molecule has 15 heavy (non-hydrogen) atoms. The summed E-state index contributed by atoms with van der Waals surface area (Å²) < 4.78 is 5.10. The predicted octanol–water partition coefficient (Wildman–Crippen LogP) is 1.88. The number of aldehydes is 1. The van der Waals surface area contributed by atoms with Gasteiger partial charge >= 0.3 is 6.09 Å². The molecule has 0 saturated heterocycles. The number of rotatable bonds is 2. The van der Waals surface area contributed by atoms with Gasteiger partial charge in [0, 0.05) is 0 Å². The van der Waals surface area contributed by atoms with Crippen LogP contribution in [-0.2, 0) is 9.53 Å². The van der Waals surface area contributed by atoms with Crippen LogP contribution in [0.3, 0.4) is 0 Å². The number of hydrogen-bond donors (Lipinski definition) is 1. The Balaban J connectivity index is 2.57. The van der Waals surface area contributed by atoms with Gasteiger partial charge in [-0.1, -0.05) is 13.8 Å². The topological polar surface area (TPSA) is 55.4 Å². The number of amides is 1. The molecule has 1 atom stereocenters. The molecule has 1 aliphatic carbocycles. The fraction of sp³-hybridized carbons (Fsp3) is 0.818. The Labute approximate surface area is 90.4 Å². The second-order valence-electron chi connectivity index (χ2n) is 5.78. The number of nitrogens with one attached hydrogen (secondary N) is 1. The lowest BCUT2D eigenvalue weighted by molar-refractivity contribution is -0.111. The molecule has 86 valence electrons. The maximum absolute atomic E-state index is 11.5. The van der Waals surface area contributed by atoms with Gasteiger partial charge in [-0.25, -0.2) is 4.79 Å². The largest absolute Gasteiger partial charge is 0.444 e. The van der Waals surface area contributed by atoms with E-state index in [2.05, 4.69) is 5.32 Å². The average molecular weight is 213 g/mol. The second-order valence-corrected chi connectivity index (χ2v) is 5.78. The highest BCUT2D eigenvalue weighted by molar-refractivity contribution is 5.81. The van der Waals surface area contributed by atoms with Crippen LogP contribution in [0.2, 0.25) is 0 Å². The minimum Gasteiger partial charge on any atom is -0.444 e. The van der Waals surface area contributed by atoms with Crippen LogP contribution in [-0.4, -0.2) is 23.5 Å². The summed E-state index contributed by atoms with van der Waals surface area (Å²) in [5.74, 6) is 0. The molecular formula is C11H19NO3. The summed E-state index contributed by atoms with van der Waals surface area (Å²) in [5, 5.41) is 2.63. The minimum absolute atomic E-state index is 0.161. The van der Waals surface area contributed by atoms with Crippen molar-refractivity contribution in [3.8, 4) is 0 Å².